The van der Waals surface area contributed by atoms with Crippen molar-refractivity contribution in [3.63, 3.8) is 0 Å². The van der Waals surface area contributed by atoms with Gasteiger partial charge >= 0.3 is 0 Å². The fraction of sp³-hybridized carbons (Fsp3) is 0.200. The zero-order valence-electron chi connectivity index (χ0n) is 17.3. The second-order valence-corrected chi connectivity index (χ2v) is 7.24. The predicted molar refractivity (Wildman–Crippen MR) is 144 cm³/mol. The summed E-state index contributed by atoms with van der Waals surface area (Å²) in [4.78, 5) is 0. The molecule has 0 spiro atoms. The Hall–Kier alpha value is -2.17. The highest BCUT2D eigenvalue weighted by Crippen LogP contribution is 2.24. The van der Waals surface area contributed by atoms with E-state index in [1.165, 1.54) is 32.9 Å². The van der Waals surface area contributed by atoms with Crippen LogP contribution in [0, 0.1) is 0 Å². The first kappa shape index (κ1) is 26.9. The van der Waals surface area contributed by atoms with Crippen LogP contribution in [-0.4, -0.2) is 19.1 Å². The van der Waals surface area contributed by atoms with Crippen molar-refractivity contribution in [2.45, 2.75) is 18.9 Å². The molecule has 0 aromatic heterocycles. The Morgan fingerprint density at radius 2 is 0.935 bits per heavy atom. The number of fused-ring (bicyclic) bond motifs is 2. The van der Waals surface area contributed by atoms with Gasteiger partial charge in [0.2, 0.25) is 0 Å². The first-order valence-corrected chi connectivity index (χ1v) is 10.00. The van der Waals surface area contributed by atoms with Crippen LogP contribution < -0.4 is 16.4 Å². The minimum atomic E-state index is 0. The molecule has 0 bridgehead atoms. The van der Waals surface area contributed by atoms with Crippen molar-refractivity contribution in [3.05, 3.63) is 84.9 Å². The topological polar surface area (TPSA) is 50.1 Å². The van der Waals surface area contributed by atoms with Crippen molar-refractivity contribution in [1.29, 1.82) is 0 Å². The maximum atomic E-state index is 6.35. The third-order valence-electron chi connectivity index (χ3n) is 5.24. The molecule has 4 rings (SSSR count). The number of anilines is 2. The van der Waals surface area contributed by atoms with Gasteiger partial charge < -0.3 is 16.4 Å². The molecule has 0 aliphatic carbocycles. The molecule has 4 N–H and O–H groups in total. The lowest BCUT2D eigenvalue weighted by Crippen LogP contribution is -2.26. The average Bonchev–Trinajstić information content (AvgIpc) is 2.74. The molecule has 31 heavy (non-hydrogen) atoms. The van der Waals surface area contributed by atoms with E-state index < -0.39 is 0 Å². The summed E-state index contributed by atoms with van der Waals surface area (Å²) in [7, 11) is 0. The summed E-state index contributed by atoms with van der Waals surface area (Å²) in [6, 6.07) is 29.8. The molecule has 0 radical (unpaired) electrons. The normalized spacial score (nSPS) is 10.1. The van der Waals surface area contributed by atoms with E-state index in [4.69, 9.17) is 5.73 Å². The van der Waals surface area contributed by atoms with E-state index in [9.17, 15) is 0 Å². The van der Waals surface area contributed by atoms with E-state index in [2.05, 4.69) is 95.6 Å². The predicted octanol–water partition coefficient (Wildman–Crippen LogP) is 6.89. The van der Waals surface area contributed by atoms with Crippen LogP contribution in [-0.2, 0) is 0 Å². The van der Waals surface area contributed by atoms with Crippen molar-refractivity contribution in [2.24, 2.45) is 5.73 Å². The highest BCUT2D eigenvalue weighted by Gasteiger charge is 2.05. The van der Waals surface area contributed by atoms with Crippen molar-refractivity contribution in [3.8, 4) is 0 Å². The van der Waals surface area contributed by atoms with Gasteiger partial charge in [-0.25, -0.2) is 0 Å². The average molecular weight is 479 g/mol. The smallest absolute Gasteiger partial charge is 0.0419 e. The third-order valence-corrected chi connectivity index (χ3v) is 5.24. The summed E-state index contributed by atoms with van der Waals surface area (Å²) >= 11 is 0. The molecule has 0 aliphatic heterocycles. The zero-order valence-corrected chi connectivity index (χ0v) is 19.7. The molecule has 4 aromatic carbocycles. The number of benzene rings is 4. The number of halogens is 3. The van der Waals surface area contributed by atoms with Gasteiger partial charge in [0, 0.05) is 41.3 Å². The summed E-state index contributed by atoms with van der Waals surface area (Å²) in [5, 5.41) is 12.1. The number of nitrogens with one attached hydrogen (secondary N) is 2. The molecule has 166 valence electrons. The van der Waals surface area contributed by atoms with Crippen molar-refractivity contribution in [2.75, 3.05) is 23.7 Å². The van der Waals surface area contributed by atoms with E-state index in [0.717, 1.165) is 25.9 Å². The molecule has 0 saturated heterocycles. The van der Waals surface area contributed by atoms with Gasteiger partial charge in [0.25, 0.3) is 0 Å². The number of rotatable bonds is 8. The molecule has 0 aliphatic rings. The van der Waals surface area contributed by atoms with Crippen LogP contribution >= 0.6 is 37.2 Å². The fourth-order valence-corrected chi connectivity index (χ4v) is 3.69. The number of hydrogen-bond donors (Lipinski definition) is 3. The minimum absolute atomic E-state index is 0. The van der Waals surface area contributed by atoms with Crippen LogP contribution in [0.2, 0.25) is 0 Å². The Morgan fingerprint density at radius 1 is 0.548 bits per heavy atom. The molecular formula is C25H30Cl3N3. The molecule has 0 amide bonds. The van der Waals surface area contributed by atoms with Crippen LogP contribution in [0.25, 0.3) is 21.5 Å². The second-order valence-electron chi connectivity index (χ2n) is 7.24. The lowest BCUT2D eigenvalue weighted by molar-refractivity contribution is 0.600. The van der Waals surface area contributed by atoms with Gasteiger partial charge in [-0.15, -0.1) is 37.2 Å². The molecule has 6 heteroatoms. The lowest BCUT2D eigenvalue weighted by Gasteiger charge is -2.15. The Balaban J connectivity index is 0.00000160. The molecule has 4 aromatic rings. The first-order valence-electron chi connectivity index (χ1n) is 10.00. The number of nitrogens with two attached hydrogens (primary N) is 1. The van der Waals surface area contributed by atoms with Gasteiger partial charge in [-0.2, -0.15) is 0 Å². The van der Waals surface area contributed by atoms with Gasteiger partial charge in [0.05, 0.1) is 0 Å². The Morgan fingerprint density at radius 3 is 1.39 bits per heavy atom. The van der Waals surface area contributed by atoms with Crippen LogP contribution in [0.3, 0.4) is 0 Å². The Kier molecular flexibility index (Phi) is 11.5. The van der Waals surface area contributed by atoms with Crippen LogP contribution in [0.1, 0.15) is 12.8 Å². The third kappa shape index (κ3) is 6.91. The van der Waals surface area contributed by atoms with E-state index in [-0.39, 0.29) is 43.3 Å². The monoisotopic (exact) mass is 477 g/mol. The zero-order chi connectivity index (χ0) is 19.2. The first-order chi connectivity index (χ1) is 13.8. The standard InChI is InChI=1S/C25H27N3.3ClH/c26-21(15-17-27-24-13-5-9-19-7-1-3-11-22(19)24)16-18-28-25-14-6-10-20-8-2-4-12-23(20)25;;;/h1-14,21,27-28H,15-18,26H2;3*1H. The largest absolute Gasteiger partial charge is 0.384 e. The van der Waals surface area contributed by atoms with E-state index in [1.54, 1.807) is 0 Å². The highest BCUT2D eigenvalue weighted by atomic mass is 35.5. The van der Waals surface area contributed by atoms with Gasteiger partial charge in [0.1, 0.15) is 0 Å². The molecule has 0 unspecified atom stereocenters. The van der Waals surface area contributed by atoms with E-state index in [0.29, 0.717) is 0 Å². The maximum Gasteiger partial charge on any atom is 0.0419 e. The lowest BCUT2D eigenvalue weighted by atomic mass is 10.1. The second kappa shape index (κ2) is 13.3. The van der Waals surface area contributed by atoms with Gasteiger partial charge in [-0.3, -0.25) is 0 Å². The summed E-state index contributed by atoms with van der Waals surface area (Å²) in [5.41, 5.74) is 8.71. The maximum absolute atomic E-state index is 6.35. The van der Waals surface area contributed by atoms with E-state index >= 15 is 0 Å². The molecule has 0 heterocycles. The minimum Gasteiger partial charge on any atom is -0.384 e. The summed E-state index contributed by atoms with van der Waals surface area (Å²) < 4.78 is 0. The van der Waals surface area contributed by atoms with Gasteiger partial charge in [-0.1, -0.05) is 72.8 Å². The van der Waals surface area contributed by atoms with Gasteiger partial charge in [-0.05, 0) is 35.7 Å². The van der Waals surface area contributed by atoms with Crippen molar-refractivity contribution in [1.82, 2.24) is 0 Å². The van der Waals surface area contributed by atoms with Crippen molar-refractivity contribution >= 4 is 70.1 Å². The van der Waals surface area contributed by atoms with Crippen LogP contribution in [0.5, 0.6) is 0 Å². The van der Waals surface area contributed by atoms with Crippen LogP contribution in [0.4, 0.5) is 11.4 Å². The Bertz CT molecular complexity index is 976. The highest BCUT2D eigenvalue weighted by molar-refractivity contribution is 5.94. The molecule has 0 saturated carbocycles. The quantitative estimate of drug-likeness (QED) is 0.258. The summed E-state index contributed by atoms with van der Waals surface area (Å²) in [5.74, 6) is 0. The Labute approximate surface area is 203 Å². The summed E-state index contributed by atoms with van der Waals surface area (Å²) in [6.45, 7) is 1.76. The summed E-state index contributed by atoms with van der Waals surface area (Å²) in [6.07, 6.45) is 1.89. The molecule has 3 nitrogen and oxygen atoms in total. The molecular weight excluding hydrogens is 449 g/mol. The SMILES string of the molecule is Cl.Cl.Cl.NC(CCNc1cccc2ccccc12)CCNc1cccc2ccccc12. The number of hydrogen-bond acceptors (Lipinski definition) is 3. The van der Waals surface area contributed by atoms with Gasteiger partial charge in [0.15, 0.2) is 0 Å². The molecule has 0 atom stereocenters. The van der Waals surface area contributed by atoms with Crippen LogP contribution in [0.15, 0.2) is 84.9 Å². The molecule has 0 fully saturated rings. The fourth-order valence-electron chi connectivity index (χ4n) is 3.69. The van der Waals surface area contributed by atoms with Crippen molar-refractivity contribution < 1.29 is 0 Å². The van der Waals surface area contributed by atoms with E-state index in [1.807, 2.05) is 0 Å².